The van der Waals surface area contributed by atoms with Crippen molar-refractivity contribution in [1.82, 2.24) is 9.80 Å². The van der Waals surface area contributed by atoms with Gasteiger partial charge in [-0.25, -0.2) is 0 Å². The third kappa shape index (κ3) is 2.66. The van der Waals surface area contributed by atoms with Crippen LogP contribution in [-0.2, 0) is 11.8 Å². The minimum atomic E-state index is 0.0927. The van der Waals surface area contributed by atoms with Gasteiger partial charge < -0.3 is 15.7 Å². The molecule has 5 nitrogen and oxygen atoms in total. The van der Waals surface area contributed by atoms with Crippen molar-refractivity contribution < 1.29 is 9.90 Å². The molecule has 2 heterocycles. The van der Waals surface area contributed by atoms with Gasteiger partial charge in [0.2, 0.25) is 0 Å². The second-order valence-corrected chi connectivity index (χ2v) is 11.5. The fourth-order valence-corrected chi connectivity index (χ4v) is 8.79. The number of hydrogen-bond acceptors (Lipinski definition) is 4. The van der Waals surface area contributed by atoms with Gasteiger partial charge >= 0.3 is 0 Å². The van der Waals surface area contributed by atoms with Gasteiger partial charge in [-0.15, -0.1) is 0 Å². The van der Waals surface area contributed by atoms with Crippen molar-refractivity contribution in [2.75, 3.05) is 26.2 Å². The first kappa shape index (κ1) is 21.0. The van der Waals surface area contributed by atoms with Gasteiger partial charge in [0.25, 0.3) is 5.91 Å². The van der Waals surface area contributed by atoms with Gasteiger partial charge in [-0.1, -0.05) is 24.3 Å². The summed E-state index contributed by atoms with van der Waals surface area (Å²) in [6, 6.07) is 16.9. The lowest BCUT2D eigenvalue weighted by Crippen LogP contribution is -2.63. The lowest BCUT2D eigenvalue weighted by Gasteiger charge is -2.59. The summed E-state index contributed by atoms with van der Waals surface area (Å²) in [5.74, 6) is 1.65. The molecule has 178 valence electrons. The Morgan fingerprint density at radius 3 is 2.82 bits per heavy atom. The summed E-state index contributed by atoms with van der Waals surface area (Å²) in [5.41, 5.74) is 9.80. The Morgan fingerprint density at radius 2 is 2.00 bits per heavy atom. The smallest absolute Gasteiger partial charge is 0.254 e. The van der Waals surface area contributed by atoms with E-state index in [2.05, 4.69) is 21.9 Å². The van der Waals surface area contributed by atoms with Gasteiger partial charge in [-0.2, -0.15) is 0 Å². The maximum atomic E-state index is 13.6. The van der Waals surface area contributed by atoms with Gasteiger partial charge in [-0.05, 0) is 105 Å². The summed E-state index contributed by atoms with van der Waals surface area (Å²) in [6.07, 6.45) is 6.77. The SMILES string of the molecule is NCCCCN1CCC23c4cc(O)ccc4CC1C21C[C@@H]1CN(C(=O)c1ccccc1)C1CC13. The number of amides is 1. The largest absolute Gasteiger partial charge is 0.508 e. The van der Waals surface area contributed by atoms with Crippen LogP contribution in [0.2, 0.25) is 0 Å². The van der Waals surface area contributed by atoms with E-state index in [1.54, 1.807) is 0 Å². The molecule has 2 bridgehead atoms. The Balaban J connectivity index is 1.31. The molecule has 7 rings (SSSR count). The van der Waals surface area contributed by atoms with E-state index in [1.165, 1.54) is 17.5 Å². The molecule has 3 N–H and O–H groups in total. The Bertz CT molecular complexity index is 1140. The summed E-state index contributed by atoms with van der Waals surface area (Å²) >= 11 is 0. The predicted octanol–water partition coefficient (Wildman–Crippen LogP) is 3.55. The first-order valence-electron chi connectivity index (χ1n) is 13.2. The average Bonchev–Trinajstić information content (AvgIpc) is 3.76. The molecule has 2 saturated carbocycles. The Kier molecular flexibility index (Phi) is 4.51. The van der Waals surface area contributed by atoms with Gasteiger partial charge in [0, 0.05) is 35.0 Å². The topological polar surface area (TPSA) is 69.8 Å². The number of piperidine rings is 1. The minimum Gasteiger partial charge on any atom is -0.508 e. The summed E-state index contributed by atoms with van der Waals surface area (Å²) in [5, 5.41) is 10.5. The van der Waals surface area contributed by atoms with Crippen molar-refractivity contribution in [2.45, 2.75) is 56.0 Å². The van der Waals surface area contributed by atoms with Crippen LogP contribution in [0.4, 0.5) is 0 Å². The van der Waals surface area contributed by atoms with Crippen molar-refractivity contribution in [3.8, 4) is 5.75 Å². The molecule has 2 aromatic carbocycles. The van der Waals surface area contributed by atoms with Crippen LogP contribution in [0.1, 0.15) is 53.6 Å². The number of rotatable bonds is 5. The van der Waals surface area contributed by atoms with Crippen molar-refractivity contribution in [3.63, 3.8) is 0 Å². The first-order chi connectivity index (χ1) is 16.6. The number of nitrogens with two attached hydrogens (primary N) is 1. The van der Waals surface area contributed by atoms with Gasteiger partial charge in [0.15, 0.2) is 0 Å². The first-order valence-corrected chi connectivity index (χ1v) is 13.2. The molecule has 6 atom stereocenters. The molecule has 34 heavy (non-hydrogen) atoms. The van der Waals surface area contributed by atoms with E-state index in [0.717, 1.165) is 63.8 Å². The number of carbonyl (C=O) groups excluding carboxylic acids is 1. The molecule has 1 amide bonds. The molecule has 5 heteroatoms. The van der Waals surface area contributed by atoms with E-state index in [1.807, 2.05) is 36.4 Å². The lowest BCUT2D eigenvalue weighted by molar-refractivity contribution is -0.0228. The number of carbonyl (C=O) groups is 1. The Hall–Kier alpha value is -2.37. The zero-order valence-corrected chi connectivity index (χ0v) is 19.8. The number of phenolic OH excluding ortho intramolecular Hbond substituents is 1. The molecule has 1 spiro atoms. The molecule has 2 aromatic rings. The van der Waals surface area contributed by atoms with Crippen LogP contribution >= 0.6 is 0 Å². The number of unbranched alkanes of at least 4 members (excludes halogenated alkanes) is 1. The normalized spacial score (nSPS) is 37.0. The van der Waals surface area contributed by atoms with E-state index >= 15 is 0 Å². The van der Waals surface area contributed by atoms with Crippen molar-refractivity contribution >= 4 is 5.91 Å². The third-order valence-corrected chi connectivity index (χ3v) is 10.2. The van der Waals surface area contributed by atoms with Crippen LogP contribution in [0.5, 0.6) is 5.75 Å². The lowest BCUT2D eigenvalue weighted by atomic mass is 9.52. The van der Waals surface area contributed by atoms with E-state index < -0.39 is 0 Å². The van der Waals surface area contributed by atoms with Crippen LogP contribution in [0, 0.1) is 17.3 Å². The maximum Gasteiger partial charge on any atom is 0.254 e. The molecule has 2 saturated heterocycles. The van der Waals surface area contributed by atoms with Crippen LogP contribution in [0.3, 0.4) is 0 Å². The highest BCUT2D eigenvalue weighted by Gasteiger charge is 2.80. The second-order valence-electron chi connectivity index (χ2n) is 11.5. The molecule has 3 aliphatic carbocycles. The number of phenols is 1. The van der Waals surface area contributed by atoms with Crippen LogP contribution in [-0.4, -0.2) is 59.1 Å². The monoisotopic (exact) mass is 457 g/mol. The fourth-order valence-electron chi connectivity index (χ4n) is 8.79. The number of likely N-dealkylation sites (tertiary alicyclic amines) is 2. The fraction of sp³-hybridized carbons (Fsp3) is 0.552. The van der Waals surface area contributed by atoms with Crippen molar-refractivity contribution in [2.24, 2.45) is 23.0 Å². The highest BCUT2D eigenvalue weighted by Crippen LogP contribution is 2.79. The van der Waals surface area contributed by atoms with Gasteiger partial charge in [0.05, 0.1) is 0 Å². The number of benzene rings is 2. The highest BCUT2D eigenvalue weighted by atomic mass is 16.3. The molecule has 4 fully saturated rings. The van der Waals surface area contributed by atoms with Crippen LogP contribution in [0.25, 0.3) is 0 Å². The number of aromatic hydroxyl groups is 1. The summed E-state index contributed by atoms with van der Waals surface area (Å²) in [6.45, 7) is 3.89. The number of fused-ring (bicyclic) bond motifs is 2. The van der Waals surface area contributed by atoms with Gasteiger partial charge in [-0.3, -0.25) is 9.69 Å². The number of hydrogen-bond donors (Lipinski definition) is 2. The third-order valence-electron chi connectivity index (χ3n) is 10.2. The van der Waals surface area contributed by atoms with Crippen molar-refractivity contribution in [1.29, 1.82) is 0 Å². The molecule has 2 aliphatic heterocycles. The Labute approximate surface area is 201 Å². The van der Waals surface area contributed by atoms with E-state index in [0.29, 0.717) is 29.7 Å². The molecule has 0 radical (unpaired) electrons. The minimum absolute atomic E-state index is 0.0927. The molecular formula is C29H35N3O2. The molecule has 0 aromatic heterocycles. The zero-order valence-electron chi connectivity index (χ0n) is 19.8. The molecule has 5 unspecified atom stereocenters. The zero-order chi connectivity index (χ0) is 23.1. The van der Waals surface area contributed by atoms with Crippen LogP contribution in [0.15, 0.2) is 48.5 Å². The standard InChI is InChI=1S/C29H35N3O2/c30-11-4-5-12-31-13-10-28-23-15-22(33)9-8-20(23)14-26(31)29(28)17-21(29)18-32(25-16-24(25)28)27(34)19-6-2-1-3-7-19/h1-3,6-9,15,21,24-26,33H,4-5,10-14,16-18,30H2/t21-,24?,25?,26?,28?,29?/m1/s1. The molecule has 5 aliphatic rings. The maximum absolute atomic E-state index is 13.6. The van der Waals surface area contributed by atoms with E-state index in [4.69, 9.17) is 5.73 Å². The summed E-state index contributed by atoms with van der Waals surface area (Å²) < 4.78 is 0. The van der Waals surface area contributed by atoms with E-state index in [9.17, 15) is 9.90 Å². The Morgan fingerprint density at radius 1 is 1.15 bits per heavy atom. The number of nitrogens with zero attached hydrogens (tertiary/aromatic N) is 2. The van der Waals surface area contributed by atoms with Crippen LogP contribution < -0.4 is 5.73 Å². The summed E-state index contributed by atoms with van der Waals surface area (Å²) in [7, 11) is 0. The average molecular weight is 458 g/mol. The molecular weight excluding hydrogens is 422 g/mol. The predicted molar refractivity (Wildman–Crippen MR) is 132 cm³/mol. The summed E-state index contributed by atoms with van der Waals surface area (Å²) in [4.78, 5) is 18.7. The second kappa shape index (κ2) is 7.32. The van der Waals surface area contributed by atoms with E-state index in [-0.39, 0.29) is 16.7 Å². The van der Waals surface area contributed by atoms with Gasteiger partial charge in [0.1, 0.15) is 5.75 Å². The quantitative estimate of drug-likeness (QED) is 0.674. The van der Waals surface area contributed by atoms with Crippen molar-refractivity contribution in [3.05, 3.63) is 65.2 Å². The highest BCUT2D eigenvalue weighted by molar-refractivity contribution is 5.94.